The molecule has 2 heterocycles. The number of piperidine rings is 1. The molecule has 0 unspecified atom stereocenters. The summed E-state index contributed by atoms with van der Waals surface area (Å²) in [4.78, 5) is 1.31. The van der Waals surface area contributed by atoms with E-state index in [-0.39, 0.29) is 18.4 Å². The summed E-state index contributed by atoms with van der Waals surface area (Å²) in [5.41, 5.74) is 0. The number of nitrogens with one attached hydrogen (secondary N) is 1. The maximum atomic E-state index is 12.9. The number of hydrogen-bond acceptors (Lipinski definition) is 4. The van der Waals surface area contributed by atoms with Crippen molar-refractivity contribution in [3.63, 3.8) is 0 Å². The van der Waals surface area contributed by atoms with Crippen molar-refractivity contribution in [2.75, 3.05) is 19.6 Å². The van der Waals surface area contributed by atoms with E-state index in [1.54, 1.807) is 10.4 Å². The van der Waals surface area contributed by atoms with Crippen LogP contribution in [0.15, 0.2) is 14.7 Å². The lowest BCUT2D eigenvalue weighted by molar-refractivity contribution is 0.262. The predicted molar refractivity (Wildman–Crippen MR) is 94.1 cm³/mol. The van der Waals surface area contributed by atoms with Gasteiger partial charge < -0.3 is 5.32 Å². The Hall–Kier alpha value is 0.340. The Kier molecular flexibility index (Phi) is 7.63. The lowest BCUT2D eigenvalue weighted by Gasteiger charge is -2.33. The lowest BCUT2D eigenvalue weighted by atomic mass is 10.1. The third kappa shape index (κ3) is 4.42. The van der Waals surface area contributed by atoms with Crippen LogP contribution in [0.5, 0.6) is 0 Å². The monoisotopic (exact) mass is 416 g/mol. The zero-order valence-electron chi connectivity index (χ0n) is 12.3. The highest BCUT2D eigenvalue weighted by molar-refractivity contribution is 9.11. The van der Waals surface area contributed by atoms with Crippen molar-refractivity contribution >= 4 is 49.7 Å². The molecule has 0 bridgehead atoms. The van der Waals surface area contributed by atoms with Gasteiger partial charge in [0.25, 0.3) is 0 Å². The van der Waals surface area contributed by atoms with Gasteiger partial charge in [-0.05, 0) is 61.3 Å². The van der Waals surface area contributed by atoms with Gasteiger partial charge in [-0.1, -0.05) is 6.92 Å². The van der Waals surface area contributed by atoms with Crippen molar-refractivity contribution in [1.29, 1.82) is 0 Å². The molecule has 4 nitrogen and oxygen atoms in total. The predicted octanol–water partition coefficient (Wildman–Crippen LogP) is 3.39. The Morgan fingerprint density at radius 1 is 1.43 bits per heavy atom. The second-order valence-electron chi connectivity index (χ2n) is 5.07. The molecule has 1 aliphatic heterocycles. The summed E-state index contributed by atoms with van der Waals surface area (Å²) in [5, 5.41) is 3.29. The SMILES string of the molecule is CCCN(C1CCNCC1)S(=O)(=O)c1cc(Br)sc1C.Cl. The third-order valence-electron chi connectivity index (χ3n) is 3.59. The first-order chi connectivity index (χ1) is 9.46. The van der Waals surface area contributed by atoms with Crippen LogP contribution >= 0.6 is 39.7 Å². The largest absolute Gasteiger partial charge is 0.317 e. The van der Waals surface area contributed by atoms with E-state index in [9.17, 15) is 8.42 Å². The summed E-state index contributed by atoms with van der Waals surface area (Å²) < 4.78 is 28.5. The van der Waals surface area contributed by atoms with Gasteiger partial charge in [0.05, 0.1) is 8.68 Å². The normalized spacial score (nSPS) is 17.0. The minimum atomic E-state index is -3.39. The number of thiophene rings is 1. The van der Waals surface area contributed by atoms with Crippen molar-refractivity contribution < 1.29 is 8.42 Å². The first kappa shape index (κ1) is 19.4. The van der Waals surface area contributed by atoms with Gasteiger partial charge in [-0.15, -0.1) is 23.7 Å². The molecule has 21 heavy (non-hydrogen) atoms. The molecule has 0 saturated carbocycles. The molecule has 1 N–H and O–H groups in total. The summed E-state index contributed by atoms with van der Waals surface area (Å²) >= 11 is 4.86. The average Bonchev–Trinajstić information content (AvgIpc) is 2.76. The smallest absolute Gasteiger partial charge is 0.244 e. The number of aryl methyl sites for hydroxylation is 1. The van der Waals surface area contributed by atoms with Crippen molar-refractivity contribution in [3.05, 3.63) is 14.7 Å². The first-order valence-corrected chi connectivity index (χ1v) is 10.00. The Morgan fingerprint density at radius 3 is 2.52 bits per heavy atom. The van der Waals surface area contributed by atoms with E-state index in [1.165, 1.54) is 11.3 Å². The maximum absolute atomic E-state index is 12.9. The van der Waals surface area contributed by atoms with Gasteiger partial charge in [-0.2, -0.15) is 4.31 Å². The zero-order valence-corrected chi connectivity index (χ0v) is 16.3. The van der Waals surface area contributed by atoms with Crippen LogP contribution in [0.4, 0.5) is 0 Å². The molecule has 1 aliphatic rings. The van der Waals surface area contributed by atoms with Gasteiger partial charge in [0.1, 0.15) is 0 Å². The van der Waals surface area contributed by atoms with Gasteiger partial charge >= 0.3 is 0 Å². The Balaban J connectivity index is 0.00000220. The Labute approximate surface area is 145 Å². The molecule has 2 rings (SSSR count). The van der Waals surface area contributed by atoms with E-state index < -0.39 is 10.0 Å². The second-order valence-corrected chi connectivity index (χ2v) is 9.56. The topological polar surface area (TPSA) is 49.4 Å². The maximum Gasteiger partial charge on any atom is 0.244 e. The standard InChI is InChI=1S/C13H21BrN2O2S2.ClH/c1-3-8-16(11-4-6-15-7-5-11)20(17,18)12-9-13(14)19-10(12)2;/h9,11,15H,3-8H2,1-2H3;1H. The number of rotatable bonds is 5. The van der Waals surface area contributed by atoms with E-state index in [1.807, 2.05) is 13.8 Å². The molecule has 1 saturated heterocycles. The van der Waals surface area contributed by atoms with E-state index >= 15 is 0 Å². The minimum Gasteiger partial charge on any atom is -0.317 e. The molecule has 1 fully saturated rings. The van der Waals surface area contributed by atoms with E-state index in [2.05, 4.69) is 21.2 Å². The number of sulfonamides is 1. The molecule has 0 spiro atoms. The molecule has 8 heteroatoms. The zero-order chi connectivity index (χ0) is 14.8. The molecule has 0 aliphatic carbocycles. The van der Waals surface area contributed by atoms with Gasteiger partial charge in [0.15, 0.2) is 0 Å². The van der Waals surface area contributed by atoms with E-state index in [0.29, 0.717) is 11.4 Å². The summed E-state index contributed by atoms with van der Waals surface area (Å²) in [6.45, 7) is 6.29. The number of halogens is 2. The van der Waals surface area contributed by atoms with Crippen LogP contribution in [0.2, 0.25) is 0 Å². The lowest BCUT2D eigenvalue weighted by Crippen LogP contribution is -2.46. The summed E-state index contributed by atoms with van der Waals surface area (Å²) in [6, 6.07) is 1.86. The summed E-state index contributed by atoms with van der Waals surface area (Å²) in [6.07, 6.45) is 2.63. The fourth-order valence-corrected chi connectivity index (χ4v) is 6.79. The van der Waals surface area contributed by atoms with Gasteiger partial charge in [0.2, 0.25) is 10.0 Å². The highest BCUT2D eigenvalue weighted by Gasteiger charge is 2.33. The molecule has 122 valence electrons. The van der Waals surface area contributed by atoms with Crippen molar-refractivity contribution in [3.8, 4) is 0 Å². The summed E-state index contributed by atoms with van der Waals surface area (Å²) in [7, 11) is -3.39. The van der Waals surface area contributed by atoms with Crippen molar-refractivity contribution in [1.82, 2.24) is 9.62 Å². The van der Waals surface area contributed by atoms with E-state index in [0.717, 1.165) is 41.0 Å². The van der Waals surface area contributed by atoms with E-state index in [4.69, 9.17) is 0 Å². The Bertz CT molecular complexity index is 557. The fourth-order valence-electron chi connectivity index (χ4n) is 2.63. The summed E-state index contributed by atoms with van der Waals surface area (Å²) in [5.74, 6) is 0. The van der Waals surface area contributed by atoms with Gasteiger partial charge in [0, 0.05) is 17.5 Å². The molecule has 1 aromatic rings. The number of hydrogen-bond donors (Lipinski definition) is 1. The van der Waals surface area contributed by atoms with Crippen molar-refractivity contribution in [2.24, 2.45) is 0 Å². The van der Waals surface area contributed by atoms with Gasteiger partial charge in [-0.3, -0.25) is 0 Å². The molecule has 1 aromatic heterocycles. The number of nitrogens with zero attached hydrogens (tertiary/aromatic N) is 1. The van der Waals surface area contributed by atoms with Gasteiger partial charge in [-0.25, -0.2) is 8.42 Å². The van der Waals surface area contributed by atoms with Crippen LogP contribution in [0, 0.1) is 6.92 Å². The molecular weight excluding hydrogens is 396 g/mol. The van der Waals surface area contributed by atoms with Crippen LogP contribution in [0.25, 0.3) is 0 Å². The molecule has 0 amide bonds. The van der Waals surface area contributed by atoms with Crippen LogP contribution in [-0.2, 0) is 10.0 Å². The van der Waals surface area contributed by atoms with Crippen molar-refractivity contribution in [2.45, 2.75) is 44.0 Å². The van der Waals surface area contributed by atoms with Crippen LogP contribution < -0.4 is 5.32 Å². The second kappa shape index (κ2) is 8.26. The third-order valence-corrected chi connectivity index (χ3v) is 7.35. The molecular formula is C13H22BrClN2O2S2. The quantitative estimate of drug-likeness (QED) is 0.799. The molecule has 0 atom stereocenters. The first-order valence-electron chi connectivity index (χ1n) is 6.95. The minimum absolute atomic E-state index is 0. The van der Waals surface area contributed by atoms with Crippen LogP contribution in [0.3, 0.4) is 0 Å². The highest BCUT2D eigenvalue weighted by atomic mass is 79.9. The average molecular weight is 418 g/mol. The van der Waals surface area contributed by atoms with Crippen LogP contribution in [0.1, 0.15) is 31.1 Å². The Morgan fingerprint density at radius 2 is 2.05 bits per heavy atom. The molecule has 0 radical (unpaired) electrons. The van der Waals surface area contributed by atoms with Crippen LogP contribution in [-0.4, -0.2) is 38.4 Å². The highest BCUT2D eigenvalue weighted by Crippen LogP contribution is 2.33. The molecule has 0 aromatic carbocycles. The fraction of sp³-hybridized carbons (Fsp3) is 0.692.